The minimum atomic E-state index is -0.263. The van der Waals surface area contributed by atoms with Crippen LogP contribution in [-0.2, 0) is 0 Å². The van der Waals surface area contributed by atoms with Crippen LogP contribution in [0.1, 0.15) is 49.5 Å². The van der Waals surface area contributed by atoms with Crippen LogP contribution >= 0.6 is 0 Å². The Morgan fingerprint density at radius 1 is 1.08 bits per heavy atom. The molecule has 0 aliphatic carbocycles. The molecule has 2 aromatic heterocycles. The van der Waals surface area contributed by atoms with Crippen LogP contribution < -0.4 is 16.7 Å². The van der Waals surface area contributed by atoms with E-state index >= 15 is 0 Å². The lowest BCUT2D eigenvalue weighted by molar-refractivity contribution is 0.572. The number of pyridine rings is 1. The highest BCUT2D eigenvalue weighted by Gasteiger charge is 2.18. The van der Waals surface area contributed by atoms with Crippen molar-refractivity contribution in [2.75, 3.05) is 0 Å². The molecule has 0 bridgehead atoms. The third-order valence-corrected chi connectivity index (χ3v) is 4.64. The van der Waals surface area contributed by atoms with Gasteiger partial charge >= 0.3 is 0 Å². The second kappa shape index (κ2) is 6.57. The van der Waals surface area contributed by atoms with Crippen molar-refractivity contribution < 1.29 is 4.42 Å². The predicted molar refractivity (Wildman–Crippen MR) is 105 cm³/mol. The number of aryl methyl sites for hydroxylation is 1. The molecule has 2 N–H and O–H groups in total. The van der Waals surface area contributed by atoms with Gasteiger partial charge in [-0.15, -0.1) is 0 Å². The van der Waals surface area contributed by atoms with E-state index < -0.39 is 0 Å². The summed E-state index contributed by atoms with van der Waals surface area (Å²) in [5.41, 5.74) is 9.45. The van der Waals surface area contributed by atoms with Crippen molar-refractivity contribution in [2.45, 2.75) is 46.7 Å². The van der Waals surface area contributed by atoms with Gasteiger partial charge in [-0.25, -0.2) is 0 Å². The summed E-state index contributed by atoms with van der Waals surface area (Å²) in [7, 11) is 0. The summed E-state index contributed by atoms with van der Waals surface area (Å²) in [6, 6.07) is 6.72. The van der Waals surface area contributed by atoms with E-state index in [9.17, 15) is 9.59 Å². The van der Waals surface area contributed by atoms with Crippen molar-refractivity contribution in [3.05, 3.63) is 67.7 Å². The fourth-order valence-electron chi connectivity index (χ4n) is 3.22. The number of nitrogens with two attached hydrogens (primary N) is 1. The Bertz CT molecular complexity index is 1100. The highest BCUT2D eigenvalue weighted by atomic mass is 16.3. The smallest absolute Gasteiger partial charge is 0.250 e. The Kier molecular flexibility index (Phi) is 4.59. The zero-order chi connectivity index (χ0) is 19.2. The Morgan fingerprint density at radius 3 is 2.38 bits per heavy atom. The number of rotatable bonds is 3. The molecule has 136 valence electrons. The van der Waals surface area contributed by atoms with E-state index in [4.69, 9.17) is 10.2 Å². The Balaban J connectivity index is 2.38. The zero-order valence-corrected chi connectivity index (χ0v) is 15.8. The first-order valence-corrected chi connectivity index (χ1v) is 8.76. The molecule has 26 heavy (non-hydrogen) atoms. The Hall–Kier alpha value is -2.66. The summed E-state index contributed by atoms with van der Waals surface area (Å²) in [6.07, 6.45) is 1.74. The summed E-state index contributed by atoms with van der Waals surface area (Å²) in [4.78, 5) is 25.0. The number of aromatic nitrogens is 1. The van der Waals surface area contributed by atoms with Gasteiger partial charge in [0.1, 0.15) is 11.3 Å². The average molecular weight is 352 g/mol. The molecule has 0 aliphatic heterocycles. The molecule has 1 aromatic carbocycles. The molecular formula is C21H24N2O3. The second-order valence-electron chi connectivity index (χ2n) is 7.16. The van der Waals surface area contributed by atoms with Crippen LogP contribution in [0.5, 0.6) is 0 Å². The maximum atomic E-state index is 13.0. The van der Waals surface area contributed by atoms with Crippen LogP contribution in [0.25, 0.3) is 22.3 Å². The average Bonchev–Trinajstić information content (AvgIpc) is 2.58. The van der Waals surface area contributed by atoms with Gasteiger partial charge in [-0.05, 0) is 52.3 Å². The molecule has 3 aromatic rings. The van der Waals surface area contributed by atoms with Crippen LogP contribution in [0.15, 0.2) is 44.5 Å². The third-order valence-electron chi connectivity index (χ3n) is 4.64. The summed E-state index contributed by atoms with van der Waals surface area (Å²) < 4.78 is 7.81. The monoisotopic (exact) mass is 352 g/mol. The van der Waals surface area contributed by atoms with Crippen molar-refractivity contribution in [3.8, 4) is 11.3 Å². The Labute approximate surface area is 152 Å². The summed E-state index contributed by atoms with van der Waals surface area (Å²) >= 11 is 0. The van der Waals surface area contributed by atoms with Gasteiger partial charge in [0.2, 0.25) is 0 Å². The SMILES string of the molecule is Cc1cc([C@@H](C)N)c2oc(-c3ccc(=O)n(C(C)C)c3)c(C)c(=O)c2c1. The van der Waals surface area contributed by atoms with Crippen molar-refractivity contribution >= 4 is 11.0 Å². The maximum absolute atomic E-state index is 13.0. The normalized spacial score (nSPS) is 12.7. The third kappa shape index (κ3) is 2.99. The van der Waals surface area contributed by atoms with Crippen molar-refractivity contribution in [3.63, 3.8) is 0 Å². The molecule has 1 atom stereocenters. The van der Waals surface area contributed by atoms with Crippen LogP contribution in [-0.4, -0.2) is 4.57 Å². The van der Waals surface area contributed by atoms with E-state index in [2.05, 4.69) is 0 Å². The van der Waals surface area contributed by atoms with E-state index in [1.54, 1.807) is 23.8 Å². The first-order valence-electron chi connectivity index (χ1n) is 8.76. The molecule has 3 rings (SSSR count). The van der Waals surface area contributed by atoms with E-state index in [-0.39, 0.29) is 23.1 Å². The van der Waals surface area contributed by atoms with Gasteiger partial charge in [-0.1, -0.05) is 6.07 Å². The van der Waals surface area contributed by atoms with Gasteiger partial charge < -0.3 is 14.7 Å². The van der Waals surface area contributed by atoms with Crippen LogP contribution in [0.3, 0.4) is 0 Å². The number of fused-ring (bicyclic) bond motifs is 1. The van der Waals surface area contributed by atoms with Gasteiger partial charge in [0.05, 0.1) is 5.39 Å². The summed E-state index contributed by atoms with van der Waals surface area (Å²) in [5.74, 6) is 0.475. The zero-order valence-electron chi connectivity index (χ0n) is 15.8. The minimum absolute atomic E-state index is 0.0113. The van der Waals surface area contributed by atoms with Gasteiger partial charge in [0, 0.05) is 41.0 Å². The molecule has 0 spiro atoms. The highest BCUT2D eigenvalue weighted by molar-refractivity contribution is 5.84. The molecule has 0 amide bonds. The van der Waals surface area contributed by atoms with Gasteiger partial charge in [0.15, 0.2) is 5.43 Å². The first kappa shape index (κ1) is 18.1. The lowest BCUT2D eigenvalue weighted by atomic mass is 9.99. The lowest BCUT2D eigenvalue weighted by Crippen LogP contribution is -2.20. The van der Waals surface area contributed by atoms with E-state index in [1.165, 1.54) is 6.07 Å². The van der Waals surface area contributed by atoms with Gasteiger partial charge in [-0.3, -0.25) is 9.59 Å². The number of hydrogen-bond donors (Lipinski definition) is 1. The quantitative estimate of drug-likeness (QED) is 0.777. The largest absolute Gasteiger partial charge is 0.455 e. The minimum Gasteiger partial charge on any atom is -0.455 e. The highest BCUT2D eigenvalue weighted by Crippen LogP contribution is 2.30. The molecule has 5 heteroatoms. The molecule has 5 nitrogen and oxygen atoms in total. The first-order chi connectivity index (χ1) is 12.2. The number of benzene rings is 1. The predicted octanol–water partition coefficient (Wildman–Crippen LogP) is 3.84. The van der Waals surface area contributed by atoms with Crippen LogP contribution in [0.4, 0.5) is 0 Å². The molecule has 0 aliphatic rings. The molecule has 0 fully saturated rings. The molecule has 0 saturated carbocycles. The molecule has 0 saturated heterocycles. The molecule has 0 radical (unpaired) electrons. The number of hydrogen-bond acceptors (Lipinski definition) is 4. The van der Waals surface area contributed by atoms with E-state index in [1.807, 2.05) is 39.8 Å². The van der Waals surface area contributed by atoms with E-state index in [0.717, 1.165) is 11.1 Å². The van der Waals surface area contributed by atoms with Gasteiger partial charge in [-0.2, -0.15) is 0 Å². The van der Waals surface area contributed by atoms with Gasteiger partial charge in [0.25, 0.3) is 5.56 Å². The second-order valence-corrected chi connectivity index (χ2v) is 7.16. The van der Waals surface area contributed by atoms with E-state index in [0.29, 0.717) is 27.9 Å². The van der Waals surface area contributed by atoms with Crippen molar-refractivity contribution in [2.24, 2.45) is 5.73 Å². The number of nitrogens with zero attached hydrogens (tertiary/aromatic N) is 1. The molecule has 2 heterocycles. The topological polar surface area (TPSA) is 78.2 Å². The maximum Gasteiger partial charge on any atom is 0.250 e. The lowest BCUT2D eigenvalue weighted by Gasteiger charge is -2.15. The Morgan fingerprint density at radius 2 is 1.77 bits per heavy atom. The molecular weight excluding hydrogens is 328 g/mol. The van der Waals surface area contributed by atoms with Crippen molar-refractivity contribution in [1.82, 2.24) is 4.57 Å². The fraction of sp³-hybridized carbons (Fsp3) is 0.333. The molecule has 0 unspecified atom stereocenters. The standard InChI is InChI=1S/C21H24N2O3/c1-11(2)23-10-15(6-7-18(23)24)20-13(4)19(25)17-9-12(3)8-16(14(5)22)21(17)26-20/h6-11,14H,22H2,1-5H3/t14-/m1/s1. The van der Waals surface area contributed by atoms with Crippen molar-refractivity contribution in [1.29, 1.82) is 0 Å². The summed E-state index contributed by atoms with van der Waals surface area (Å²) in [5, 5.41) is 0.538. The van der Waals surface area contributed by atoms with Crippen LogP contribution in [0.2, 0.25) is 0 Å². The van der Waals surface area contributed by atoms with Crippen LogP contribution in [0, 0.1) is 13.8 Å². The fourth-order valence-corrected chi connectivity index (χ4v) is 3.22. The summed E-state index contributed by atoms with van der Waals surface area (Å²) in [6.45, 7) is 9.43.